The third-order valence-corrected chi connectivity index (χ3v) is 0.904. The monoisotopic (exact) mass is 212 g/mol. The molecule has 1 radical (unpaired) electrons. The van der Waals surface area contributed by atoms with Gasteiger partial charge >= 0.3 is 0 Å². The minimum Gasteiger partial charge on any atom is -0.254 e. The van der Waals surface area contributed by atoms with Gasteiger partial charge in [-0.15, -0.1) is 0 Å². The first-order valence-electron chi connectivity index (χ1n) is 1.43. The van der Waals surface area contributed by atoms with Crippen molar-refractivity contribution < 1.29 is 0 Å². The molecule has 0 saturated heterocycles. The second kappa shape index (κ2) is 3.84. The second-order valence-electron chi connectivity index (χ2n) is 0.698. The third kappa shape index (κ3) is 4.66. The minimum atomic E-state index is 0.325. The van der Waals surface area contributed by atoms with Crippen molar-refractivity contribution in [2.24, 2.45) is 0 Å². The lowest BCUT2D eigenvalue weighted by Gasteiger charge is -1.75. The Balaban J connectivity index is 3.14. The zero-order valence-electron chi connectivity index (χ0n) is 3.04. The highest BCUT2D eigenvalue weighted by molar-refractivity contribution is 9.28. The number of halogens is 2. The largest absolute Gasteiger partial charge is 0.254 e. The average Bonchev–Trinajstić information content (AvgIpc) is 1.35. The topological polar surface area (TPSA) is 23.8 Å². The summed E-state index contributed by atoms with van der Waals surface area (Å²) in [5.74, 6) is 0. The van der Waals surface area contributed by atoms with E-state index < -0.39 is 0 Å². The third-order valence-electron chi connectivity index (χ3n) is 0.256. The van der Waals surface area contributed by atoms with Gasteiger partial charge in [0.25, 0.3) is 0 Å². The van der Waals surface area contributed by atoms with Crippen LogP contribution >= 0.6 is 31.9 Å². The number of rotatable bonds is 1. The molecule has 0 spiro atoms. The van der Waals surface area contributed by atoms with Crippen LogP contribution in [-0.4, -0.2) is 6.54 Å². The van der Waals surface area contributed by atoms with Crippen LogP contribution in [0.15, 0.2) is 9.47 Å². The average molecular weight is 214 g/mol. The summed E-state index contributed by atoms with van der Waals surface area (Å²) in [5.41, 5.74) is 6.60. The fourth-order valence-corrected chi connectivity index (χ4v) is 0.401. The van der Waals surface area contributed by atoms with Crippen LogP contribution in [0, 0.1) is 0 Å². The van der Waals surface area contributed by atoms with Crippen molar-refractivity contribution in [2.45, 2.75) is 0 Å². The van der Waals surface area contributed by atoms with Gasteiger partial charge in [0, 0.05) is 6.54 Å². The van der Waals surface area contributed by atoms with Gasteiger partial charge in [0.15, 0.2) is 0 Å². The Morgan fingerprint density at radius 1 is 1.67 bits per heavy atom. The molecule has 0 fully saturated rings. The van der Waals surface area contributed by atoms with Gasteiger partial charge in [-0.05, 0) is 37.9 Å². The van der Waals surface area contributed by atoms with Crippen molar-refractivity contribution in [2.75, 3.05) is 6.54 Å². The molecule has 0 rings (SSSR count). The van der Waals surface area contributed by atoms with E-state index >= 15 is 0 Å². The molecule has 3 heteroatoms. The molecule has 1 nitrogen and oxygen atoms in total. The Hall–Kier alpha value is 0.660. The fourth-order valence-electron chi connectivity index (χ4n) is 0.0772. The predicted octanol–water partition coefficient (Wildman–Crippen LogP) is 1.90. The molecule has 35 valence electrons. The number of hydrogen-bond donors (Lipinski definition) is 0. The Kier molecular flexibility index (Phi) is 4.26. The van der Waals surface area contributed by atoms with Gasteiger partial charge in [0.05, 0.1) is 3.39 Å². The van der Waals surface area contributed by atoms with E-state index in [9.17, 15) is 0 Å². The zero-order valence-corrected chi connectivity index (χ0v) is 6.21. The molecule has 6 heavy (non-hydrogen) atoms. The lowest BCUT2D eigenvalue weighted by Crippen LogP contribution is -1.72. The summed E-state index contributed by atoms with van der Waals surface area (Å²) in [6.07, 6.45) is 1.71. The van der Waals surface area contributed by atoms with E-state index in [0.29, 0.717) is 6.54 Å². The lowest BCUT2D eigenvalue weighted by molar-refractivity contribution is 1.20. The van der Waals surface area contributed by atoms with Crippen LogP contribution in [0.1, 0.15) is 0 Å². The molecule has 0 atom stereocenters. The molecule has 0 aromatic heterocycles. The molecule has 0 unspecified atom stereocenters. The van der Waals surface area contributed by atoms with Gasteiger partial charge in [-0.2, -0.15) is 0 Å². The quantitative estimate of drug-likeness (QED) is 0.636. The van der Waals surface area contributed by atoms with Crippen LogP contribution in [0.3, 0.4) is 0 Å². The molecule has 0 aromatic rings. The van der Waals surface area contributed by atoms with Crippen molar-refractivity contribution in [1.82, 2.24) is 5.73 Å². The Morgan fingerprint density at radius 2 is 2.17 bits per heavy atom. The van der Waals surface area contributed by atoms with E-state index in [1.54, 1.807) is 6.08 Å². The van der Waals surface area contributed by atoms with Crippen LogP contribution in [-0.2, 0) is 0 Å². The van der Waals surface area contributed by atoms with Crippen molar-refractivity contribution >= 4 is 31.9 Å². The van der Waals surface area contributed by atoms with Crippen molar-refractivity contribution in [3.8, 4) is 0 Å². The van der Waals surface area contributed by atoms with Crippen LogP contribution in [0.4, 0.5) is 0 Å². The van der Waals surface area contributed by atoms with Crippen LogP contribution in [0.5, 0.6) is 0 Å². The molecule has 0 aliphatic heterocycles. The van der Waals surface area contributed by atoms with Crippen LogP contribution in [0.25, 0.3) is 0 Å². The highest BCUT2D eigenvalue weighted by atomic mass is 79.9. The summed E-state index contributed by atoms with van der Waals surface area (Å²) in [6, 6.07) is 0. The SMILES string of the molecule is [NH]CC=C(Br)Br. The molecule has 0 heterocycles. The molecule has 0 bridgehead atoms. The Labute approximate surface area is 53.9 Å². The molecule has 0 aromatic carbocycles. The summed E-state index contributed by atoms with van der Waals surface area (Å²) in [6.45, 7) is 0.325. The molecule has 1 N–H and O–H groups in total. The van der Waals surface area contributed by atoms with Gasteiger partial charge in [-0.1, -0.05) is 0 Å². The smallest absolute Gasteiger partial charge is 0.0577 e. The normalized spacial score (nSPS) is 7.83. The van der Waals surface area contributed by atoms with Crippen molar-refractivity contribution in [1.29, 1.82) is 0 Å². The van der Waals surface area contributed by atoms with Gasteiger partial charge in [-0.25, -0.2) is 0 Å². The lowest BCUT2D eigenvalue weighted by atomic mass is 10.7. The van der Waals surface area contributed by atoms with Crippen LogP contribution < -0.4 is 5.73 Å². The van der Waals surface area contributed by atoms with E-state index in [4.69, 9.17) is 5.73 Å². The molecule has 0 saturated carbocycles. The maximum atomic E-state index is 6.60. The number of nitrogens with one attached hydrogen (secondary N) is 1. The summed E-state index contributed by atoms with van der Waals surface area (Å²) < 4.78 is 0.852. The van der Waals surface area contributed by atoms with E-state index in [1.165, 1.54) is 0 Å². The second-order valence-corrected chi connectivity index (χ2v) is 3.47. The van der Waals surface area contributed by atoms with E-state index in [0.717, 1.165) is 3.39 Å². The maximum Gasteiger partial charge on any atom is 0.0577 e. The van der Waals surface area contributed by atoms with E-state index in [-0.39, 0.29) is 0 Å². The highest BCUT2D eigenvalue weighted by Crippen LogP contribution is 2.10. The van der Waals surface area contributed by atoms with Gasteiger partial charge < -0.3 is 0 Å². The summed E-state index contributed by atoms with van der Waals surface area (Å²) in [7, 11) is 0. The summed E-state index contributed by atoms with van der Waals surface area (Å²) in [4.78, 5) is 0. The Morgan fingerprint density at radius 3 is 2.17 bits per heavy atom. The first-order chi connectivity index (χ1) is 2.77. The molecule has 0 aliphatic carbocycles. The molecular formula is C3H4Br2N. The van der Waals surface area contributed by atoms with Gasteiger partial charge in [-0.3, -0.25) is 5.73 Å². The molecular weight excluding hydrogens is 210 g/mol. The first-order valence-corrected chi connectivity index (χ1v) is 3.01. The standard InChI is InChI=1S/C3H4Br2N/c4-3(5)1-2-6/h1,6H,2H2. The highest BCUT2D eigenvalue weighted by Gasteiger charge is 1.73. The van der Waals surface area contributed by atoms with Crippen molar-refractivity contribution in [3.63, 3.8) is 0 Å². The molecule has 0 aliphatic rings. The fraction of sp³-hybridized carbons (Fsp3) is 0.333. The Bertz CT molecular complexity index is 55.8. The summed E-state index contributed by atoms with van der Waals surface area (Å²) >= 11 is 6.18. The minimum absolute atomic E-state index is 0.325. The predicted molar refractivity (Wildman–Crippen MR) is 33.9 cm³/mol. The maximum absolute atomic E-state index is 6.60. The molecule has 0 amide bonds. The number of hydrogen-bond acceptors (Lipinski definition) is 0. The first kappa shape index (κ1) is 6.66. The van der Waals surface area contributed by atoms with Crippen LogP contribution in [0.2, 0.25) is 0 Å². The summed E-state index contributed by atoms with van der Waals surface area (Å²) in [5, 5.41) is 0. The van der Waals surface area contributed by atoms with Gasteiger partial charge in [0.2, 0.25) is 0 Å². The zero-order chi connectivity index (χ0) is 4.99. The van der Waals surface area contributed by atoms with E-state index in [1.807, 2.05) is 0 Å². The van der Waals surface area contributed by atoms with E-state index in [2.05, 4.69) is 31.9 Å². The van der Waals surface area contributed by atoms with Gasteiger partial charge in [0.1, 0.15) is 0 Å². The van der Waals surface area contributed by atoms with Crippen molar-refractivity contribution in [3.05, 3.63) is 9.47 Å².